The maximum Gasteiger partial charge on any atom is 2.00 e. The molecule has 12 heteroatoms. The Morgan fingerprint density at radius 2 is 1.06 bits per heavy atom. The van der Waals surface area contributed by atoms with Gasteiger partial charge in [0.25, 0.3) is 0 Å². The molecular weight excluding hydrogens is 523 g/mol. The molecule has 200 valence electrons. The second-order valence-electron chi connectivity index (χ2n) is 7.55. The van der Waals surface area contributed by atoms with Gasteiger partial charge in [-0.05, 0) is 58.3 Å². The van der Waals surface area contributed by atoms with Crippen molar-refractivity contribution in [1.29, 1.82) is 0 Å². The zero-order chi connectivity index (χ0) is 24.3. The number of rotatable bonds is 15. The maximum absolute atomic E-state index is 6.07. The van der Waals surface area contributed by atoms with E-state index >= 15 is 0 Å². The van der Waals surface area contributed by atoms with Crippen molar-refractivity contribution in [3.05, 3.63) is 11.5 Å². The van der Waals surface area contributed by atoms with Crippen LogP contribution in [-0.2, 0) is 16.5 Å². The third kappa shape index (κ3) is 31.8. The van der Waals surface area contributed by atoms with Crippen LogP contribution in [0.15, 0.2) is 0 Å². The predicted octanol–water partition coefficient (Wildman–Crippen LogP) is 3.16. The zero-order valence-corrected chi connectivity index (χ0v) is 25.0. The molecule has 0 aliphatic heterocycles. The maximum atomic E-state index is 6.07. The molecule has 1 aliphatic rings. The van der Waals surface area contributed by atoms with E-state index in [1.807, 2.05) is 0 Å². The molecule has 1 rings (SSSR count). The van der Waals surface area contributed by atoms with Gasteiger partial charge < -0.3 is 40.1 Å². The van der Waals surface area contributed by atoms with E-state index < -0.39 is 0 Å². The molecule has 0 aromatic heterocycles. The van der Waals surface area contributed by atoms with Gasteiger partial charge >= 0.3 is 16.5 Å². The molecule has 0 heterocycles. The summed E-state index contributed by atoms with van der Waals surface area (Å²) in [6, 6.07) is 0.559. The van der Waals surface area contributed by atoms with Gasteiger partial charge in [0.2, 0.25) is 0 Å². The third-order valence-electron chi connectivity index (χ3n) is 4.84. The first kappa shape index (κ1) is 40.9. The first-order valence-electron chi connectivity index (χ1n) is 11.7. The first-order chi connectivity index (χ1) is 15.0. The standard InChI is InChI=1S/C9H24N3P.C9H21N2P.2CH4NS.Ni/c10-4-1-7-13(8-2-5-11)9-3-6-12;1-2-5-12(6-3-4-10)9-7-8(9)11;2*2-1-3;/h1-12H2;8-9H,2-7,10-11H2,1H3;2*2-3H,1H2;/q;;2*-1;+2/p+2. The summed E-state index contributed by atoms with van der Waals surface area (Å²) in [7, 11) is -0.290. The van der Waals surface area contributed by atoms with Crippen LogP contribution in [0.3, 0.4) is 0 Å². The summed E-state index contributed by atoms with van der Waals surface area (Å²) in [6.07, 6.45) is 14.3. The summed E-state index contributed by atoms with van der Waals surface area (Å²) in [5.41, 5.74) is 41.0. The van der Waals surface area contributed by atoms with Crippen LogP contribution in [0.5, 0.6) is 0 Å². The Bertz CT molecular complexity index is 311. The van der Waals surface area contributed by atoms with E-state index in [0.717, 1.165) is 31.8 Å². The van der Waals surface area contributed by atoms with Crippen LogP contribution < -0.4 is 28.7 Å². The van der Waals surface area contributed by atoms with Crippen molar-refractivity contribution in [1.82, 2.24) is 0 Å². The second-order valence-corrected chi connectivity index (χ2v) is 14.2. The molecule has 0 radical (unpaired) electrons. The largest absolute Gasteiger partial charge is 2.00 e. The van der Waals surface area contributed by atoms with Crippen molar-refractivity contribution < 1.29 is 16.5 Å². The fraction of sp³-hybridized carbons (Fsp3) is 1.00. The average Bonchev–Trinajstić information content (AvgIpc) is 3.48. The summed E-state index contributed by atoms with van der Waals surface area (Å²) < 4.78 is 0. The van der Waals surface area contributed by atoms with E-state index in [9.17, 15) is 0 Å². The molecule has 3 atom stereocenters. The molecule has 1 aliphatic carbocycles. The van der Waals surface area contributed by atoms with Crippen molar-refractivity contribution in [2.24, 2.45) is 28.7 Å². The number of hydrogen-bond acceptors (Lipinski definition) is 7. The van der Waals surface area contributed by atoms with Crippen LogP contribution in [0, 0.1) is 0 Å². The Kier molecular flexibility index (Phi) is 44.7. The number of nitrogens with two attached hydrogens (primary N) is 5. The number of thiol groups is 2. The summed E-state index contributed by atoms with van der Waals surface area (Å²) >= 11 is 6.91. The van der Waals surface area contributed by atoms with Crippen molar-refractivity contribution >= 4 is 41.1 Å². The molecule has 3 unspecified atom stereocenters. The Hall–Kier alpha value is 1.77. The smallest absolute Gasteiger partial charge is 0.669 e. The van der Waals surface area contributed by atoms with E-state index in [2.05, 4.69) is 32.2 Å². The monoisotopic (exact) mass is 577 g/mol. The fourth-order valence-corrected chi connectivity index (χ4v) is 9.63. The molecule has 1 fully saturated rings. The number of nitrogens with one attached hydrogen (secondary N) is 2. The summed E-state index contributed by atoms with van der Waals surface area (Å²) in [5, 5.41) is 0. The van der Waals surface area contributed by atoms with E-state index in [1.165, 1.54) is 69.3 Å². The fourth-order valence-electron chi connectivity index (χ4n) is 3.26. The minimum Gasteiger partial charge on any atom is -0.669 e. The van der Waals surface area contributed by atoms with E-state index in [1.54, 1.807) is 0 Å². The molecule has 7 nitrogen and oxygen atoms in total. The van der Waals surface area contributed by atoms with Gasteiger partial charge in [0.1, 0.15) is 0 Å². The Morgan fingerprint density at radius 3 is 1.31 bits per heavy atom. The van der Waals surface area contributed by atoms with Crippen molar-refractivity contribution in [2.45, 2.75) is 57.1 Å². The first-order valence-corrected chi connectivity index (χ1v) is 17.1. The van der Waals surface area contributed by atoms with Crippen LogP contribution in [0.1, 0.15) is 45.4 Å². The molecule has 0 saturated heterocycles. The minimum atomic E-state index is -0.173. The van der Waals surface area contributed by atoms with Gasteiger partial charge in [0.15, 0.2) is 0 Å². The predicted molar refractivity (Wildman–Crippen MR) is 159 cm³/mol. The van der Waals surface area contributed by atoms with Crippen molar-refractivity contribution in [3.8, 4) is 0 Å². The molecule has 0 bridgehead atoms. The van der Waals surface area contributed by atoms with Gasteiger partial charge in [-0.3, -0.25) is 0 Å². The van der Waals surface area contributed by atoms with Gasteiger partial charge in [-0.25, -0.2) is 25.3 Å². The van der Waals surface area contributed by atoms with Crippen molar-refractivity contribution in [2.75, 3.05) is 68.7 Å². The minimum absolute atomic E-state index is 0. The average molecular weight is 578 g/mol. The van der Waals surface area contributed by atoms with Crippen LogP contribution in [0.4, 0.5) is 0 Å². The summed E-state index contributed by atoms with van der Waals surface area (Å²) in [4.78, 5) is 0. The Morgan fingerprint density at radius 1 is 0.750 bits per heavy atom. The van der Waals surface area contributed by atoms with Gasteiger partial charge in [-0.2, -0.15) is 0 Å². The quantitative estimate of drug-likeness (QED) is 0.0895. The third-order valence-corrected chi connectivity index (χ3v) is 11.9. The van der Waals surface area contributed by atoms with Crippen LogP contribution >= 0.6 is 41.1 Å². The molecular formula is C20H55N7NiP2S2+2. The molecule has 0 amide bonds. The van der Waals surface area contributed by atoms with Gasteiger partial charge in [-0.15, -0.1) is 11.8 Å². The van der Waals surface area contributed by atoms with Gasteiger partial charge in [-0.1, -0.05) is 6.92 Å². The van der Waals surface area contributed by atoms with E-state index in [4.69, 9.17) is 40.1 Å². The van der Waals surface area contributed by atoms with Gasteiger partial charge in [0.05, 0.1) is 36.5 Å². The molecule has 32 heavy (non-hydrogen) atoms. The second kappa shape index (κ2) is 34.9. The van der Waals surface area contributed by atoms with Crippen LogP contribution in [0.25, 0.3) is 11.5 Å². The Labute approximate surface area is 222 Å². The SMILES string of the molecule is CCC[PH+](CCCN)C1CC1N.NCCC[PH+](CCCN)CCCN.[NH-]CS.[NH-]CS.[Ni+2]. The molecule has 12 N–H and O–H groups in total. The van der Waals surface area contributed by atoms with E-state index in [-0.39, 0.29) is 44.1 Å². The van der Waals surface area contributed by atoms with Crippen LogP contribution in [0.2, 0.25) is 0 Å². The van der Waals surface area contributed by atoms with Crippen molar-refractivity contribution in [3.63, 3.8) is 0 Å². The van der Waals surface area contributed by atoms with Gasteiger partial charge in [0, 0.05) is 28.3 Å². The summed E-state index contributed by atoms with van der Waals surface area (Å²) in [5.74, 6) is 0.389. The summed E-state index contributed by atoms with van der Waals surface area (Å²) in [6.45, 7) is 5.64. The topological polar surface area (TPSA) is 178 Å². The molecule has 1 saturated carbocycles. The zero-order valence-electron chi connectivity index (χ0n) is 20.3. The Balaban J connectivity index is -0.000000192. The normalized spacial score (nSPS) is 17.0. The number of hydrogen-bond donors (Lipinski definition) is 7. The van der Waals surface area contributed by atoms with E-state index in [0.29, 0.717) is 6.04 Å². The van der Waals surface area contributed by atoms with Crippen LogP contribution in [-0.4, -0.2) is 80.4 Å². The molecule has 0 aromatic rings. The molecule has 0 aromatic carbocycles. The molecule has 0 spiro atoms.